The van der Waals surface area contributed by atoms with Gasteiger partial charge in [0.1, 0.15) is 0 Å². The molecule has 1 aliphatic carbocycles. The quantitative estimate of drug-likeness (QED) is 0.751. The molecule has 17 heavy (non-hydrogen) atoms. The topological polar surface area (TPSA) is 29.1 Å². The van der Waals surface area contributed by atoms with Crippen LogP contribution in [0.25, 0.3) is 0 Å². The van der Waals surface area contributed by atoms with E-state index in [-0.39, 0.29) is 11.4 Å². The van der Waals surface area contributed by atoms with Crippen molar-refractivity contribution in [1.82, 2.24) is 5.32 Å². The van der Waals surface area contributed by atoms with Gasteiger partial charge in [0, 0.05) is 16.1 Å². The van der Waals surface area contributed by atoms with Gasteiger partial charge in [-0.05, 0) is 37.0 Å². The van der Waals surface area contributed by atoms with Gasteiger partial charge in [-0.25, -0.2) is 0 Å². The lowest BCUT2D eigenvalue weighted by Crippen LogP contribution is -2.54. The third-order valence-corrected chi connectivity index (χ3v) is 4.27. The molecule has 3 rings (SSSR count). The highest BCUT2D eigenvalue weighted by Crippen LogP contribution is 2.35. The molecule has 3 heteroatoms. The fourth-order valence-electron chi connectivity index (χ4n) is 3.16. The third-order valence-electron chi connectivity index (χ3n) is 4.03. The van der Waals surface area contributed by atoms with Gasteiger partial charge in [0.15, 0.2) is 0 Å². The fourth-order valence-corrected chi connectivity index (χ4v) is 3.33. The second kappa shape index (κ2) is 4.02. The summed E-state index contributed by atoms with van der Waals surface area (Å²) >= 11 is 5.94. The highest BCUT2D eigenvalue weighted by atomic mass is 35.5. The predicted molar refractivity (Wildman–Crippen MR) is 68.4 cm³/mol. The molecule has 0 unspecified atom stereocenters. The lowest BCUT2D eigenvalue weighted by Gasteiger charge is -2.41. The Bertz CT molecular complexity index is 463. The third kappa shape index (κ3) is 1.95. The molecular formula is C14H16ClNO. The Balaban J connectivity index is 1.97. The van der Waals surface area contributed by atoms with Crippen LogP contribution in [-0.4, -0.2) is 11.4 Å². The molecule has 2 aliphatic rings. The summed E-state index contributed by atoms with van der Waals surface area (Å²) in [6.45, 7) is 0. The Morgan fingerprint density at radius 2 is 1.94 bits per heavy atom. The number of halogens is 1. The molecule has 0 aromatic heterocycles. The number of carbonyl (C=O) groups excluding carboxylic acids is 1. The number of benzene rings is 1. The summed E-state index contributed by atoms with van der Waals surface area (Å²) in [7, 11) is 0. The molecule has 1 aliphatic heterocycles. The number of amides is 1. The smallest absolute Gasteiger partial charge is 0.252 e. The Labute approximate surface area is 106 Å². The first-order chi connectivity index (χ1) is 8.19. The number of fused-ring (bicyclic) bond motifs is 1. The van der Waals surface area contributed by atoms with Crippen molar-refractivity contribution in [2.75, 3.05) is 0 Å². The lowest BCUT2D eigenvalue weighted by molar-refractivity contribution is 0.0844. The van der Waals surface area contributed by atoms with Gasteiger partial charge in [0.05, 0.1) is 0 Å². The van der Waals surface area contributed by atoms with E-state index in [1.54, 1.807) is 6.07 Å². The number of rotatable bonds is 0. The number of nitrogens with one attached hydrogen (secondary N) is 1. The van der Waals surface area contributed by atoms with Crippen LogP contribution in [0, 0.1) is 0 Å². The van der Waals surface area contributed by atoms with Gasteiger partial charge in [-0.15, -0.1) is 0 Å². The van der Waals surface area contributed by atoms with Crippen molar-refractivity contribution in [3.05, 3.63) is 34.3 Å². The zero-order chi connectivity index (χ0) is 11.9. The average molecular weight is 250 g/mol. The Hall–Kier alpha value is -1.02. The molecule has 1 spiro atoms. The van der Waals surface area contributed by atoms with Gasteiger partial charge < -0.3 is 5.32 Å². The number of hydrogen-bond donors (Lipinski definition) is 1. The zero-order valence-electron chi connectivity index (χ0n) is 9.76. The summed E-state index contributed by atoms with van der Waals surface area (Å²) < 4.78 is 0. The van der Waals surface area contributed by atoms with Crippen molar-refractivity contribution >= 4 is 17.5 Å². The van der Waals surface area contributed by atoms with E-state index in [1.165, 1.54) is 19.3 Å². The minimum absolute atomic E-state index is 0.0240. The molecule has 0 atom stereocenters. The van der Waals surface area contributed by atoms with Crippen LogP contribution < -0.4 is 5.32 Å². The summed E-state index contributed by atoms with van der Waals surface area (Å²) in [6, 6.07) is 5.67. The van der Waals surface area contributed by atoms with E-state index in [9.17, 15) is 4.79 Å². The molecule has 1 heterocycles. The van der Waals surface area contributed by atoms with Crippen molar-refractivity contribution in [2.45, 2.75) is 44.1 Å². The van der Waals surface area contributed by atoms with Gasteiger partial charge in [0.2, 0.25) is 0 Å². The van der Waals surface area contributed by atoms with E-state index in [4.69, 9.17) is 11.6 Å². The summed E-state index contributed by atoms with van der Waals surface area (Å²) in [5.41, 5.74) is 1.93. The maximum atomic E-state index is 12.1. The molecule has 1 N–H and O–H groups in total. The van der Waals surface area contributed by atoms with E-state index in [2.05, 4.69) is 5.32 Å². The molecule has 0 bridgehead atoms. The van der Waals surface area contributed by atoms with Crippen molar-refractivity contribution in [3.8, 4) is 0 Å². The molecular weight excluding hydrogens is 234 g/mol. The molecule has 90 valence electrons. The lowest BCUT2D eigenvalue weighted by atomic mass is 9.74. The minimum Gasteiger partial charge on any atom is -0.346 e. The summed E-state index contributed by atoms with van der Waals surface area (Å²) in [4.78, 5) is 12.1. The molecule has 2 nitrogen and oxygen atoms in total. The number of hydrogen-bond acceptors (Lipinski definition) is 1. The van der Waals surface area contributed by atoms with Crippen LogP contribution in [0.1, 0.15) is 48.0 Å². The SMILES string of the molecule is O=C1NC2(CCCCC2)Cc2ccc(Cl)cc21. The Morgan fingerprint density at radius 1 is 1.18 bits per heavy atom. The monoisotopic (exact) mass is 249 g/mol. The Kier molecular flexibility index (Phi) is 2.62. The second-order valence-electron chi connectivity index (χ2n) is 5.27. The van der Waals surface area contributed by atoms with Gasteiger partial charge in [0.25, 0.3) is 5.91 Å². The van der Waals surface area contributed by atoms with Gasteiger partial charge in [-0.2, -0.15) is 0 Å². The van der Waals surface area contributed by atoms with Gasteiger partial charge >= 0.3 is 0 Å². The average Bonchev–Trinajstić information content (AvgIpc) is 2.31. The first-order valence-corrected chi connectivity index (χ1v) is 6.67. The Morgan fingerprint density at radius 3 is 2.71 bits per heavy atom. The molecule has 0 saturated heterocycles. The molecule has 1 amide bonds. The largest absolute Gasteiger partial charge is 0.346 e. The van der Waals surface area contributed by atoms with E-state index in [1.807, 2.05) is 12.1 Å². The maximum absolute atomic E-state index is 12.1. The van der Waals surface area contributed by atoms with Gasteiger partial charge in [-0.3, -0.25) is 4.79 Å². The van der Waals surface area contributed by atoms with Crippen LogP contribution in [-0.2, 0) is 6.42 Å². The zero-order valence-corrected chi connectivity index (χ0v) is 10.5. The molecule has 1 aromatic rings. The van der Waals surface area contributed by atoms with E-state index < -0.39 is 0 Å². The van der Waals surface area contributed by atoms with Crippen molar-refractivity contribution < 1.29 is 4.79 Å². The van der Waals surface area contributed by atoms with Crippen LogP contribution in [0.15, 0.2) is 18.2 Å². The van der Waals surface area contributed by atoms with E-state index >= 15 is 0 Å². The van der Waals surface area contributed by atoms with Crippen molar-refractivity contribution in [3.63, 3.8) is 0 Å². The van der Waals surface area contributed by atoms with Crippen LogP contribution >= 0.6 is 11.6 Å². The summed E-state index contributed by atoms with van der Waals surface area (Å²) in [5.74, 6) is 0.0515. The maximum Gasteiger partial charge on any atom is 0.252 e. The first-order valence-electron chi connectivity index (χ1n) is 6.30. The molecule has 1 saturated carbocycles. The molecule has 1 fully saturated rings. The first kappa shape index (κ1) is 11.1. The van der Waals surface area contributed by atoms with Crippen molar-refractivity contribution in [1.29, 1.82) is 0 Å². The van der Waals surface area contributed by atoms with Crippen LogP contribution in [0.2, 0.25) is 5.02 Å². The molecule has 0 radical (unpaired) electrons. The molecule has 1 aromatic carbocycles. The fraction of sp³-hybridized carbons (Fsp3) is 0.500. The summed E-state index contributed by atoms with van der Waals surface area (Å²) in [6.07, 6.45) is 6.93. The van der Waals surface area contributed by atoms with E-state index in [0.29, 0.717) is 5.02 Å². The minimum atomic E-state index is 0.0240. The summed E-state index contributed by atoms with van der Waals surface area (Å²) in [5, 5.41) is 3.86. The normalized spacial score (nSPS) is 22.1. The predicted octanol–water partition coefficient (Wildman–Crippen LogP) is 3.33. The van der Waals surface area contributed by atoms with Crippen LogP contribution in [0.4, 0.5) is 0 Å². The number of carbonyl (C=O) groups is 1. The highest BCUT2D eigenvalue weighted by Gasteiger charge is 2.38. The van der Waals surface area contributed by atoms with Crippen LogP contribution in [0.3, 0.4) is 0 Å². The van der Waals surface area contributed by atoms with E-state index in [0.717, 1.165) is 30.4 Å². The van der Waals surface area contributed by atoms with Crippen molar-refractivity contribution in [2.24, 2.45) is 0 Å². The highest BCUT2D eigenvalue weighted by molar-refractivity contribution is 6.31. The van der Waals surface area contributed by atoms with Crippen LogP contribution in [0.5, 0.6) is 0 Å². The second-order valence-corrected chi connectivity index (χ2v) is 5.71. The standard InChI is InChI=1S/C14H16ClNO/c15-11-5-4-10-9-14(6-2-1-3-7-14)16-13(17)12(10)8-11/h4-5,8H,1-3,6-7,9H2,(H,16,17). The van der Waals surface area contributed by atoms with Gasteiger partial charge in [-0.1, -0.05) is 36.9 Å².